The van der Waals surface area contributed by atoms with Crippen LogP contribution in [0.2, 0.25) is 0 Å². The Morgan fingerprint density at radius 3 is 2.80 bits per heavy atom. The van der Waals surface area contributed by atoms with Crippen molar-refractivity contribution in [3.8, 4) is 0 Å². The molecule has 1 heterocycles. The van der Waals surface area contributed by atoms with Crippen molar-refractivity contribution in [1.29, 1.82) is 0 Å². The maximum Gasteiger partial charge on any atom is 0.261 e. The van der Waals surface area contributed by atoms with E-state index in [1.807, 2.05) is 13.0 Å². The molecule has 0 saturated heterocycles. The predicted octanol–water partition coefficient (Wildman–Crippen LogP) is 3.72. The number of thiophene rings is 1. The third-order valence-electron chi connectivity index (χ3n) is 1.91. The molecule has 0 aliphatic rings. The summed E-state index contributed by atoms with van der Waals surface area (Å²) in [5.74, 6) is 0.0157. The molecule has 1 atom stereocenters. The summed E-state index contributed by atoms with van der Waals surface area (Å²) in [7, 11) is 0. The molecule has 0 aromatic carbocycles. The van der Waals surface area contributed by atoms with Gasteiger partial charge in [-0.25, -0.2) is 0 Å². The van der Waals surface area contributed by atoms with Gasteiger partial charge in [-0.05, 0) is 40.9 Å². The van der Waals surface area contributed by atoms with Gasteiger partial charge in [0.1, 0.15) is 0 Å². The van der Waals surface area contributed by atoms with Crippen LogP contribution in [0.5, 0.6) is 0 Å². The van der Waals surface area contributed by atoms with Crippen LogP contribution in [0.1, 0.15) is 28.6 Å². The van der Waals surface area contributed by atoms with Crippen molar-refractivity contribution >= 4 is 49.1 Å². The first kappa shape index (κ1) is 13.2. The van der Waals surface area contributed by atoms with Gasteiger partial charge < -0.3 is 5.32 Å². The highest BCUT2D eigenvalue weighted by Gasteiger charge is 2.10. The largest absolute Gasteiger partial charge is 0.351 e. The molecule has 0 fully saturated rings. The summed E-state index contributed by atoms with van der Waals surface area (Å²) in [5, 5.41) is 2.89. The highest BCUT2D eigenvalue weighted by Crippen LogP contribution is 2.27. The minimum atomic E-state index is 0.0157. The summed E-state index contributed by atoms with van der Waals surface area (Å²) in [5.41, 5.74) is 1.11. The Morgan fingerprint density at radius 2 is 2.33 bits per heavy atom. The number of nitrogens with one attached hydrogen (secondary N) is 1. The van der Waals surface area contributed by atoms with Crippen LogP contribution in [0.25, 0.3) is 0 Å². The van der Waals surface area contributed by atoms with Crippen LogP contribution in [0, 0.1) is 6.92 Å². The lowest BCUT2D eigenvalue weighted by Crippen LogP contribution is -2.24. The lowest BCUT2D eigenvalue weighted by atomic mass is 10.3. The second-order valence-corrected chi connectivity index (χ2v) is 7.33. The Morgan fingerprint density at radius 1 is 1.67 bits per heavy atom. The van der Waals surface area contributed by atoms with Crippen molar-refractivity contribution in [2.45, 2.75) is 25.1 Å². The zero-order valence-corrected chi connectivity index (χ0v) is 12.6. The topological polar surface area (TPSA) is 29.1 Å². The summed E-state index contributed by atoms with van der Waals surface area (Å²) in [4.78, 5) is 12.9. The van der Waals surface area contributed by atoms with Crippen molar-refractivity contribution in [1.82, 2.24) is 5.32 Å². The summed E-state index contributed by atoms with van der Waals surface area (Å²) < 4.78 is 1.03. The number of alkyl halides is 1. The fourth-order valence-corrected chi connectivity index (χ4v) is 2.72. The Balaban J connectivity index is 2.47. The Bertz CT molecular complexity index is 330. The molecule has 0 saturated carbocycles. The van der Waals surface area contributed by atoms with E-state index in [1.54, 1.807) is 0 Å². The van der Waals surface area contributed by atoms with E-state index < -0.39 is 0 Å². The normalized spacial score (nSPS) is 12.5. The van der Waals surface area contributed by atoms with Crippen molar-refractivity contribution in [2.75, 3.05) is 6.54 Å². The standard InChI is InChI=1S/C10H13Br2NOS/c1-6-5-8(15-9(6)12)10(14)13-4-3-7(2)11/h5,7H,3-4H2,1-2H3,(H,13,14). The molecule has 0 aliphatic heterocycles. The fourth-order valence-electron chi connectivity index (χ4n) is 1.04. The number of carbonyl (C=O) groups excluding carboxylic acids is 1. The molecule has 0 spiro atoms. The predicted molar refractivity (Wildman–Crippen MR) is 72.1 cm³/mol. The van der Waals surface area contributed by atoms with Crippen LogP contribution in [-0.4, -0.2) is 17.3 Å². The summed E-state index contributed by atoms with van der Waals surface area (Å²) in [6.45, 7) is 4.76. The lowest BCUT2D eigenvalue weighted by Gasteiger charge is -2.04. The van der Waals surface area contributed by atoms with Gasteiger partial charge in [0.15, 0.2) is 0 Å². The van der Waals surface area contributed by atoms with Gasteiger partial charge in [-0.15, -0.1) is 11.3 Å². The van der Waals surface area contributed by atoms with E-state index in [0.717, 1.165) is 20.6 Å². The van der Waals surface area contributed by atoms with E-state index in [0.29, 0.717) is 11.4 Å². The van der Waals surface area contributed by atoms with Gasteiger partial charge in [-0.1, -0.05) is 22.9 Å². The van der Waals surface area contributed by atoms with Crippen LogP contribution in [0.3, 0.4) is 0 Å². The zero-order valence-electron chi connectivity index (χ0n) is 8.64. The molecule has 15 heavy (non-hydrogen) atoms. The monoisotopic (exact) mass is 353 g/mol. The van der Waals surface area contributed by atoms with E-state index in [1.165, 1.54) is 11.3 Å². The Kier molecular flexibility index (Phi) is 5.29. The van der Waals surface area contributed by atoms with E-state index >= 15 is 0 Å². The third-order valence-corrected chi connectivity index (χ3v) is 4.50. The van der Waals surface area contributed by atoms with Gasteiger partial charge in [0.25, 0.3) is 5.91 Å². The molecule has 0 aliphatic carbocycles. The van der Waals surface area contributed by atoms with Crippen molar-refractivity contribution < 1.29 is 4.79 Å². The van der Waals surface area contributed by atoms with E-state index in [4.69, 9.17) is 0 Å². The van der Waals surface area contributed by atoms with E-state index in [9.17, 15) is 4.79 Å². The highest BCUT2D eigenvalue weighted by atomic mass is 79.9. The molecule has 1 aromatic rings. The first-order chi connectivity index (χ1) is 7.00. The highest BCUT2D eigenvalue weighted by molar-refractivity contribution is 9.11. The zero-order chi connectivity index (χ0) is 11.4. The second-order valence-electron chi connectivity index (χ2n) is 3.39. The molecule has 5 heteroatoms. The SMILES string of the molecule is Cc1cc(C(=O)NCCC(C)Br)sc1Br. The molecule has 1 unspecified atom stereocenters. The van der Waals surface area contributed by atoms with Crippen molar-refractivity contribution in [3.63, 3.8) is 0 Å². The molecular weight excluding hydrogens is 342 g/mol. The molecule has 84 valence electrons. The smallest absolute Gasteiger partial charge is 0.261 e. The van der Waals surface area contributed by atoms with E-state index in [-0.39, 0.29) is 5.91 Å². The van der Waals surface area contributed by atoms with Crippen LogP contribution < -0.4 is 5.32 Å². The average molecular weight is 355 g/mol. The van der Waals surface area contributed by atoms with E-state index in [2.05, 4.69) is 44.1 Å². The Labute approximate surface area is 111 Å². The van der Waals surface area contributed by atoms with Crippen molar-refractivity contribution in [2.24, 2.45) is 0 Å². The number of aryl methyl sites for hydroxylation is 1. The molecule has 0 radical (unpaired) electrons. The third kappa shape index (κ3) is 4.25. The summed E-state index contributed by atoms with van der Waals surface area (Å²) >= 11 is 8.32. The molecule has 2 nitrogen and oxygen atoms in total. The fraction of sp³-hybridized carbons (Fsp3) is 0.500. The molecule has 1 N–H and O–H groups in total. The number of halogens is 2. The van der Waals surface area contributed by atoms with Gasteiger partial charge in [0.2, 0.25) is 0 Å². The molecular formula is C10H13Br2NOS. The van der Waals surface area contributed by atoms with Crippen LogP contribution in [-0.2, 0) is 0 Å². The molecule has 1 amide bonds. The van der Waals surface area contributed by atoms with Gasteiger partial charge >= 0.3 is 0 Å². The van der Waals surface area contributed by atoms with Gasteiger partial charge in [-0.2, -0.15) is 0 Å². The first-order valence-electron chi connectivity index (χ1n) is 4.69. The van der Waals surface area contributed by atoms with Gasteiger partial charge in [0.05, 0.1) is 8.66 Å². The lowest BCUT2D eigenvalue weighted by molar-refractivity contribution is 0.0957. The first-order valence-corrected chi connectivity index (χ1v) is 7.21. The number of carbonyl (C=O) groups is 1. The second kappa shape index (κ2) is 6.01. The number of hydrogen-bond acceptors (Lipinski definition) is 2. The number of rotatable bonds is 4. The molecule has 0 bridgehead atoms. The van der Waals surface area contributed by atoms with Gasteiger partial charge in [0, 0.05) is 11.4 Å². The van der Waals surface area contributed by atoms with Crippen LogP contribution in [0.4, 0.5) is 0 Å². The minimum Gasteiger partial charge on any atom is -0.351 e. The maximum absolute atomic E-state index is 11.7. The molecule has 1 rings (SSSR count). The van der Waals surface area contributed by atoms with Gasteiger partial charge in [-0.3, -0.25) is 4.79 Å². The number of hydrogen-bond donors (Lipinski definition) is 1. The Hall–Kier alpha value is 0.130. The van der Waals surface area contributed by atoms with Crippen LogP contribution in [0.15, 0.2) is 9.85 Å². The maximum atomic E-state index is 11.7. The minimum absolute atomic E-state index is 0.0157. The summed E-state index contributed by atoms with van der Waals surface area (Å²) in [6.07, 6.45) is 0.942. The van der Waals surface area contributed by atoms with Crippen molar-refractivity contribution in [3.05, 3.63) is 20.3 Å². The quantitative estimate of drug-likeness (QED) is 0.820. The molecule has 1 aromatic heterocycles. The number of amides is 1. The van der Waals surface area contributed by atoms with Crippen LogP contribution >= 0.6 is 43.2 Å². The average Bonchev–Trinajstić information content (AvgIpc) is 2.46. The summed E-state index contributed by atoms with van der Waals surface area (Å²) in [6, 6.07) is 1.90.